The molecule has 2 unspecified atom stereocenters. The Labute approximate surface area is 139 Å². The van der Waals surface area contributed by atoms with Gasteiger partial charge in [0.05, 0.1) is 17.1 Å². The topological polar surface area (TPSA) is 49.3 Å². The van der Waals surface area contributed by atoms with Gasteiger partial charge in [-0.25, -0.2) is 0 Å². The molecule has 2 atom stereocenters. The average Bonchev–Trinajstić information content (AvgIpc) is 2.89. The monoisotopic (exact) mass is 341 g/mol. The van der Waals surface area contributed by atoms with Gasteiger partial charge in [0.1, 0.15) is 0 Å². The van der Waals surface area contributed by atoms with Crippen LogP contribution >= 0.6 is 0 Å². The molecule has 2 fully saturated rings. The molecule has 2 N–H and O–H groups in total. The van der Waals surface area contributed by atoms with Crippen molar-refractivity contribution in [3.63, 3.8) is 0 Å². The van der Waals surface area contributed by atoms with Crippen molar-refractivity contribution in [1.82, 2.24) is 5.32 Å². The van der Waals surface area contributed by atoms with Crippen LogP contribution in [0.4, 0.5) is 13.2 Å². The normalized spacial score (nSPS) is 26.0. The van der Waals surface area contributed by atoms with Crippen LogP contribution in [0.1, 0.15) is 49.7 Å². The summed E-state index contributed by atoms with van der Waals surface area (Å²) >= 11 is 0. The third-order valence-electron chi connectivity index (χ3n) is 5.53. The molecule has 0 spiro atoms. The number of alkyl halides is 3. The van der Waals surface area contributed by atoms with E-state index in [0.29, 0.717) is 24.9 Å². The van der Waals surface area contributed by atoms with Crippen LogP contribution in [-0.2, 0) is 16.4 Å². The first-order valence-corrected chi connectivity index (χ1v) is 8.47. The first-order valence-electron chi connectivity index (χ1n) is 8.47. The lowest BCUT2D eigenvalue weighted by molar-refractivity contribution is -0.138. The van der Waals surface area contributed by atoms with Crippen molar-refractivity contribution < 1.29 is 23.1 Å². The van der Waals surface area contributed by atoms with Gasteiger partial charge in [0.25, 0.3) is 0 Å². The lowest BCUT2D eigenvalue weighted by Gasteiger charge is -2.41. The number of hydrogen-bond acceptors (Lipinski definition) is 2. The fourth-order valence-electron chi connectivity index (χ4n) is 3.82. The highest BCUT2D eigenvalue weighted by molar-refractivity contribution is 5.89. The number of carbonyl (C=O) groups excluding carboxylic acids is 1. The molecule has 1 aromatic carbocycles. The summed E-state index contributed by atoms with van der Waals surface area (Å²) in [6.45, 7) is 0.390. The zero-order valence-corrected chi connectivity index (χ0v) is 13.4. The average molecular weight is 341 g/mol. The zero-order valence-electron chi connectivity index (χ0n) is 13.4. The predicted octanol–water partition coefficient (Wildman–Crippen LogP) is 3.40. The minimum Gasteiger partial charge on any atom is -0.393 e. The van der Waals surface area contributed by atoms with Crippen LogP contribution in [0, 0.1) is 5.92 Å². The number of nitrogens with one attached hydrogen (secondary N) is 1. The molecule has 1 amide bonds. The fourth-order valence-corrected chi connectivity index (χ4v) is 3.82. The van der Waals surface area contributed by atoms with Gasteiger partial charge in [0, 0.05) is 12.5 Å². The lowest BCUT2D eigenvalue weighted by atomic mass is 9.63. The Kier molecular flexibility index (Phi) is 4.60. The molecule has 0 aliphatic heterocycles. The first-order chi connectivity index (χ1) is 11.3. The highest BCUT2D eigenvalue weighted by Crippen LogP contribution is 2.45. The molecule has 132 valence electrons. The van der Waals surface area contributed by atoms with E-state index in [1.807, 2.05) is 0 Å². The van der Waals surface area contributed by atoms with Crippen LogP contribution in [0.25, 0.3) is 0 Å². The molecule has 2 saturated carbocycles. The summed E-state index contributed by atoms with van der Waals surface area (Å²) in [7, 11) is 0. The van der Waals surface area contributed by atoms with Crippen LogP contribution in [0.2, 0.25) is 0 Å². The van der Waals surface area contributed by atoms with E-state index in [4.69, 9.17) is 0 Å². The molecule has 3 nitrogen and oxygen atoms in total. The van der Waals surface area contributed by atoms with Crippen molar-refractivity contribution >= 4 is 5.91 Å². The number of amides is 1. The smallest absolute Gasteiger partial charge is 0.393 e. The van der Waals surface area contributed by atoms with Gasteiger partial charge in [-0.1, -0.05) is 31.0 Å². The van der Waals surface area contributed by atoms with Crippen molar-refractivity contribution in [2.75, 3.05) is 6.54 Å². The highest BCUT2D eigenvalue weighted by atomic mass is 19.4. The summed E-state index contributed by atoms with van der Waals surface area (Å²) < 4.78 is 38.8. The van der Waals surface area contributed by atoms with Gasteiger partial charge < -0.3 is 10.4 Å². The standard InChI is InChI=1S/C18H22F3NO2/c19-18(20,21)14-6-2-5-13(10-14)17(8-3-9-17)16(24)22-11-12-4-1-7-15(12)23/h2,5-6,10,12,15,23H,1,3-4,7-9,11H2,(H,22,24). The molecule has 2 aliphatic carbocycles. The van der Waals surface area contributed by atoms with E-state index in [1.54, 1.807) is 6.07 Å². The molecule has 6 heteroatoms. The molecular formula is C18H22F3NO2. The summed E-state index contributed by atoms with van der Waals surface area (Å²) in [5, 5.41) is 12.7. The molecule has 0 saturated heterocycles. The van der Waals surface area contributed by atoms with Crippen LogP contribution < -0.4 is 5.32 Å². The van der Waals surface area contributed by atoms with Crippen molar-refractivity contribution in [3.8, 4) is 0 Å². The Hall–Kier alpha value is -1.56. The van der Waals surface area contributed by atoms with Crippen molar-refractivity contribution in [2.24, 2.45) is 5.92 Å². The van der Waals surface area contributed by atoms with E-state index in [2.05, 4.69) is 5.32 Å². The Morgan fingerprint density at radius 3 is 2.54 bits per heavy atom. The number of rotatable bonds is 4. The van der Waals surface area contributed by atoms with Gasteiger partial charge in [-0.2, -0.15) is 13.2 Å². The van der Waals surface area contributed by atoms with Crippen LogP contribution in [0.3, 0.4) is 0 Å². The lowest BCUT2D eigenvalue weighted by Crippen LogP contribution is -2.50. The maximum Gasteiger partial charge on any atom is 0.416 e. The quantitative estimate of drug-likeness (QED) is 0.882. The predicted molar refractivity (Wildman–Crippen MR) is 83.3 cm³/mol. The van der Waals surface area contributed by atoms with Gasteiger partial charge in [-0.05, 0) is 37.3 Å². The second kappa shape index (κ2) is 6.39. The van der Waals surface area contributed by atoms with E-state index in [1.165, 1.54) is 6.07 Å². The molecule has 0 bridgehead atoms. The van der Waals surface area contributed by atoms with Crippen molar-refractivity contribution in [1.29, 1.82) is 0 Å². The number of hydrogen-bond donors (Lipinski definition) is 2. The molecule has 3 rings (SSSR count). The number of carbonyl (C=O) groups is 1. The van der Waals surface area contributed by atoms with Crippen molar-refractivity contribution in [2.45, 2.75) is 56.2 Å². The largest absolute Gasteiger partial charge is 0.416 e. The van der Waals surface area contributed by atoms with Crippen LogP contribution in [-0.4, -0.2) is 23.7 Å². The third kappa shape index (κ3) is 3.16. The van der Waals surface area contributed by atoms with E-state index < -0.39 is 23.3 Å². The molecule has 1 aromatic rings. The van der Waals surface area contributed by atoms with Gasteiger partial charge in [-0.3, -0.25) is 4.79 Å². The SMILES string of the molecule is O=C(NCC1CCCC1O)C1(c2cccc(C(F)(F)F)c2)CCC1. The summed E-state index contributed by atoms with van der Waals surface area (Å²) in [4.78, 5) is 12.7. The van der Waals surface area contributed by atoms with Gasteiger partial charge in [-0.15, -0.1) is 0 Å². The van der Waals surface area contributed by atoms with E-state index in [0.717, 1.165) is 37.8 Å². The first kappa shape index (κ1) is 17.3. The van der Waals surface area contributed by atoms with Gasteiger partial charge in [0.15, 0.2) is 0 Å². The Bertz CT molecular complexity index is 611. The van der Waals surface area contributed by atoms with Gasteiger partial charge >= 0.3 is 6.18 Å². The minimum absolute atomic E-state index is 0.0487. The molecule has 0 radical (unpaired) electrons. The third-order valence-corrected chi connectivity index (χ3v) is 5.53. The number of halogens is 3. The van der Waals surface area contributed by atoms with Gasteiger partial charge in [0.2, 0.25) is 5.91 Å². The minimum atomic E-state index is -4.41. The molecule has 24 heavy (non-hydrogen) atoms. The maximum atomic E-state index is 12.9. The number of aliphatic hydroxyl groups excluding tert-OH is 1. The van der Waals surface area contributed by atoms with Crippen molar-refractivity contribution in [3.05, 3.63) is 35.4 Å². The second-order valence-electron chi connectivity index (χ2n) is 6.98. The van der Waals surface area contributed by atoms with E-state index in [9.17, 15) is 23.1 Å². The Balaban J connectivity index is 1.75. The van der Waals surface area contributed by atoms with Crippen LogP contribution in [0.5, 0.6) is 0 Å². The number of aliphatic hydroxyl groups is 1. The van der Waals surface area contributed by atoms with E-state index in [-0.39, 0.29) is 11.8 Å². The Morgan fingerprint density at radius 2 is 2.00 bits per heavy atom. The Morgan fingerprint density at radius 1 is 1.25 bits per heavy atom. The molecule has 0 aromatic heterocycles. The summed E-state index contributed by atoms with van der Waals surface area (Å²) in [5.41, 5.74) is -1.14. The summed E-state index contributed by atoms with van der Waals surface area (Å²) in [6, 6.07) is 5.11. The summed E-state index contributed by atoms with van der Waals surface area (Å²) in [6.07, 6.45) is -0.282. The number of benzene rings is 1. The highest BCUT2D eigenvalue weighted by Gasteiger charge is 2.46. The molecule has 2 aliphatic rings. The summed E-state index contributed by atoms with van der Waals surface area (Å²) in [5.74, 6) is -0.167. The molecule has 0 heterocycles. The molecular weight excluding hydrogens is 319 g/mol. The second-order valence-corrected chi connectivity index (χ2v) is 6.98. The fraction of sp³-hybridized carbons (Fsp3) is 0.611. The van der Waals surface area contributed by atoms with Crippen LogP contribution in [0.15, 0.2) is 24.3 Å². The maximum absolute atomic E-state index is 12.9. The van der Waals surface area contributed by atoms with E-state index >= 15 is 0 Å². The zero-order chi connectivity index (χ0) is 17.4.